The number of nitrogens with one attached hydrogen (secondary N) is 1. The summed E-state index contributed by atoms with van der Waals surface area (Å²) in [5.74, 6) is -1.67. The van der Waals surface area contributed by atoms with Crippen LogP contribution in [0.25, 0.3) is 0 Å². The molecular weight excluding hydrogens is 253 g/mol. The van der Waals surface area contributed by atoms with Crippen molar-refractivity contribution < 1.29 is 19.0 Å². The van der Waals surface area contributed by atoms with E-state index in [1.807, 2.05) is 0 Å². The first-order valence-corrected chi connectivity index (χ1v) is 6.18. The SMILES string of the molecule is CCc1ncnc(NC2(C(=O)O)CCOCC2)c1F. The molecule has 2 rings (SSSR count). The van der Waals surface area contributed by atoms with Crippen LogP contribution >= 0.6 is 0 Å². The van der Waals surface area contributed by atoms with E-state index in [1.54, 1.807) is 6.92 Å². The number of aryl methyl sites for hydroxylation is 1. The van der Waals surface area contributed by atoms with E-state index in [-0.39, 0.29) is 24.4 Å². The van der Waals surface area contributed by atoms with E-state index < -0.39 is 17.3 Å². The van der Waals surface area contributed by atoms with Crippen molar-refractivity contribution in [2.45, 2.75) is 31.7 Å². The lowest BCUT2D eigenvalue weighted by Crippen LogP contribution is -2.51. The number of rotatable bonds is 4. The third-order valence-corrected chi connectivity index (χ3v) is 3.31. The first kappa shape index (κ1) is 13.7. The summed E-state index contributed by atoms with van der Waals surface area (Å²) in [7, 11) is 0. The summed E-state index contributed by atoms with van der Waals surface area (Å²) in [6.45, 7) is 2.43. The molecule has 0 bridgehead atoms. The predicted molar refractivity (Wildman–Crippen MR) is 65.4 cm³/mol. The minimum Gasteiger partial charge on any atom is -0.480 e. The van der Waals surface area contributed by atoms with E-state index >= 15 is 0 Å². The van der Waals surface area contributed by atoms with Gasteiger partial charge in [0.1, 0.15) is 11.9 Å². The number of hydrogen-bond acceptors (Lipinski definition) is 5. The third-order valence-electron chi connectivity index (χ3n) is 3.31. The van der Waals surface area contributed by atoms with Crippen LogP contribution in [0.4, 0.5) is 10.2 Å². The fourth-order valence-corrected chi connectivity index (χ4v) is 2.08. The predicted octanol–water partition coefficient (Wildman–Crippen LogP) is 1.22. The molecule has 0 atom stereocenters. The Labute approximate surface area is 110 Å². The summed E-state index contributed by atoms with van der Waals surface area (Å²) in [4.78, 5) is 19.1. The molecule has 1 fully saturated rings. The van der Waals surface area contributed by atoms with Crippen LogP contribution in [-0.2, 0) is 16.0 Å². The van der Waals surface area contributed by atoms with Gasteiger partial charge in [0, 0.05) is 26.1 Å². The summed E-state index contributed by atoms with van der Waals surface area (Å²) in [6.07, 6.45) is 2.20. The van der Waals surface area contributed by atoms with Gasteiger partial charge in [0.2, 0.25) is 0 Å². The van der Waals surface area contributed by atoms with Gasteiger partial charge in [-0.3, -0.25) is 0 Å². The molecule has 2 N–H and O–H groups in total. The third kappa shape index (κ3) is 2.65. The zero-order valence-electron chi connectivity index (χ0n) is 10.6. The lowest BCUT2D eigenvalue weighted by atomic mass is 9.90. The van der Waals surface area contributed by atoms with E-state index in [0.717, 1.165) is 0 Å². The first-order valence-electron chi connectivity index (χ1n) is 6.18. The number of aromatic nitrogens is 2. The van der Waals surface area contributed by atoms with Crippen molar-refractivity contribution in [3.63, 3.8) is 0 Å². The van der Waals surface area contributed by atoms with Gasteiger partial charge in [0.15, 0.2) is 11.6 Å². The number of carboxylic acid groups (broad SMARTS) is 1. The highest BCUT2D eigenvalue weighted by Gasteiger charge is 2.41. The highest BCUT2D eigenvalue weighted by molar-refractivity contribution is 5.82. The molecule has 2 heterocycles. The first-order chi connectivity index (χ1) is 9.09. The molecule has 1 aliphatic heterocycles. The smallest absolute Gasteiger partial charge is 0.329 e. The Hall–Kier alpha value is -1.76. The molecule has 1 aromatic rings. The van der Waals surface area contributed by atoms with E-state index in [0.29, 0.717) is 19.6 Å². The summed E-state index contributed by atoms with van der Waals surface area (Å²) in [5, 5.41) is 12.1. The van der Waals surface area contributed by atoms with Gasteiger partial charge >= 0.3 is 5.97 Å². The fourth-order valence-electron chi connectivity index (χ4n) is 2.08. The minimum absolute atomic E-state index is 0.0591. The highest BCUT2D eigenvalue weighted by Crippen LogP contribution is 2.27. The quantitative estimate of drug-likeness (QED) is 0.855. The zero-order valence-corrected chi connectivity index (χ0v) is 10.6. The van der Waals surface area contributed by atoms with Gasteiger partial charge in [-0.25, -0.2) is 19.2 Å². The van der Waals surface area contributed by atoms with Gasteiger partial charge in [0.05, 0.1) is 5.69 Å². The number of anilines is 1. The van der Waals surface area contributed by atoms with E-state index in [1.165, 1.54) is 6.33 Å². The maximum atomic E-state index is 14.0. The van der Waals surface area contributed by atoms with E-state index in [2.05, 4.69) is 15.3 Å². The number of halogens is 1. The Morgan fingerprint density at radius 3 is 2.79 bits per heavy atom. The molecule has 0 radical (unpaired) electrons. The van der Waals surface area contributed by atoms with Crippen molar-refractivity contribution >= 4 is 11.8 Å². The van der Waals surface area contributed by atoms with Gasteiger partial charge < -0.3 is 15.2 Å². The van der Waals surface area contributed by atoms with Crippen LogP contribution in [0.15, 0.2) is 6.33 Å². The van der Waals surface area contributed by atoms with Crippen LogP contribution in [0.5, 0.6) is 0 Å². The van der Waals surface area contributed by atoms with Gasteiger partial charge in [-0.15, -0.1) is 0 Å². The molecule has 1 aliphatic rings. The second-order valence-corrected chi connectivity index (χ2v) is 4.46. The molecule has 19 heavy (non-hydrogen) atoms. The molecule has 0 saturated carbocycles. The second-order valence-electron chi connectivity index (χ2n) is 4.46. The zero-order chi connectivity index (χ0) is 13.9. The van der Waals surface area contributed by atoms with E-state index in [9.17, 15) is 14.3 Å². The average Bonchev–Trinajstić information content (AvgIpc) is 2.42. The monoisotopic (exact) mass is 269 g/mol. The molecule has 0 aromatic carbocycles. The van der Waals surface area contributed by atoms with Crippen LogP contribution in [0.1, 0.15) is 25.5 Å². The Morgan fingerprint density at radius 1 is 1.53 bits per heavy atom. The molecule has 0 unspecified atom stereocenters. The fraction of sp³-hybridized carbons (Fsp3) is 0.583. The largest absolute Gasteiger partial charge is 0.480 e. The Kier molecular flexibility index (Phi) is 3.94. The van der Waals surface area contributed by atoms with E-state index in [4.69, 9.17) is 4.74 Å². The Morgan fingerprint density at radius 2 is 2.21 bits per heavy atom. The van der Waals surface area contributed by atoms with Crippen molar-refractivity contribution in [1.29, 1.82) is 0 Å². The average molecular weight is 269 g/mol. The van der Waals surface area contributed by atoms with Crippen molar-refractivity contribution in [2.75, 3.05) is 18.5 Å². The maximum Gasteiger partial charge on any atom is 0.329 e. The standard InChI is InChI=1S/C12H16FN3O3/c1-2-8-9(13)10(15-7-14-8)16-12(11(17)18)3-5-19-6-4-12/h7H,2-6H2,1H3,(H,17,18)(H,14,15,16). The summed E-state index contributed by atoms with van der Waals surface area (Å²) < 4.78 is 19.2. The lowest BCUT2D eigenvalue weighted by Gasteiger charge is -2.34. The number of ether oxygens (including phenoxy) is 1. The van der Waals surface area contributed by atoms with Gasteiger partial charge in [-0.2, -0.15) is 0 Å². The number of carbonyl (C=O) groups is 1. The van der Waals surface area contributed by atoms with Crippen molar-refractivity contribution in [3.05, 3.63) is 17.8 Å². The maximum absolute atomic E-state index is 14.0. The number of carboxylic acids is 1. The molecular formula is C12H16FN3O3. The Bertz CT molecular complexity index is 475. The van der Waals surface area contributed by atoms with Crippen LogP contribution in [-0.4, -0.2) is 39.8 Å². The van der Waals surface area contributed by atoms with Gasteiger partial charge in [-0.05, 0) is 6.42 Å². The highest BCUT2D eigenvalue weighted by atomic mass is 19.1. The lowest BCUT2D eigenvalue weighted by molar-refractivity contribution is -0.145. The van der Waals surface area contributed by atoms with Gasteiger partial charge in [0.25, 0.3) is 0 Å². The van der Waals surface area contributed by atoms with Crippen molar-refractivity contribution in [3.8, 4) is 0 Å². The molecule has 6 nitrogen and oxygen atoms in total. The summed E-state index contributed by atoms with van der Waals surface area (Å²) in [6, 6.07) is 0. The number of hydrogen-bond donors (Lipinski definition) is 2. The number of nitrogens with zero attached hydrogens (tertiary/aromatic N) is 2. The van der Waals surface area contributed by atoms with Crippen molar-refractivity contribution in [2.24, 2.45) is 0 Å². The second kappa shape index (κ2) is 5.48. The van der Waals surface area contributed by atoms with Crippen LogP contribution in [0, 0.1) is 5.82 Å². The summed E-state index contributed by atoms with van der Waals surface area (Å²) in [5.41, 5.74) is -0.955. The molecule has 1 aromatic heterocycles. The van der Waals surface area contributed by atoms with Crippen LogP contribution in [0.3, 0.4) is 0 Å². The molecule has 0 amide bonds. The molecule has 104 valence electrons. The Balaban J connectivity index is 2.29. The molecule has 1 saturated heterocycles. The number of aliphatic carboxylic acids is 1. The van der Waals surface area contributed by atoms with Gasteiger partial charge in [-0.1, -0.05) is 6.92 Å². The topological polar surface area (TPSA) is 84.3 Å². The van der Waals surface area contributed by atoms with Crippen molar-refractivity contribution in [1.82, 2.24) is 9.97 Å². The van der Waals surface area contributed by atoms with Crippen LogP contribution < -0.4 is 5.32 Å². The molecule has 0 aliphatic carbocycles. The molecule has 7 heteroatoms. The normalized spacial score (nSPS) is 18.0. The molecule has 0 spiro atoms. The van der Waals surface area contributed by atoms with Crippen LogP contribution in [0.2, 0.25) is 0 Å². The summed E-state index contributed by atoms with van der Waals surface area (Å²) >= 11 is 0. The minimum atomic E-state index is -1.22.